The van der Waals surface area contributed by atoms with Gasteiger partial charge in [0.15, 0.2) is 0 Å². The topological polar surface area (TPSA) is 42.6 Å². The third-order valence-electron chi connectivity index (χ3n) is 11.6. The Morgan fingerprint density at radius 1 is 0.649 bits per heavy atom. The molecular weight excluding hydrogens is 880 g/mol. The SMILES string of the molecule is CC(C)(C)c1cc(Oc2[c-]c3c(cc2)c2cc(C(C)(C)C)ccc2n3-c2cc(C(C)(C)C)ccn2)[c-]c(C2=N[C@H](c3ccccc3)[C@@H]3c4ccccc4CN23)c1.[Pt+2]. The minimum absolute atomic E-state index is 0. The van der Waals surface area contributed by atoms with Gasteiger partial charge in [0.05, 0.1) is 12.1 Å². The maximum atomic E-state index is 6.83. The number of rotatable bonds is 5. The minimum atomic E-state index is -0.137. The van der Waals surface area contributed by atoms with Crippen LogP contribution in [0.5, 0.6) is 11.5 Å². The first-order valence-corrected chi connectivity index (χ1v) is 19.8. The van der Waals surface area contributed by atoms with Gasteiger partial charge in [-0.05, 0) is 67.6 Å². The number of aromatic nitrogens is 2. The molecule has 2 atom stereocenters. The molecule has 5 nitrogen and oxygen atoms in total. The van der Waals surface area contributed by atoms with Gasteiger partial charge >= 0.3 is 21.1 Å². The molecule has 0 saturated carbocycles. The number of fused-ring (bicyclic) bond motifs is 6. The molecule has 0 radical (unpaired) electrons. The maximum absolute atomic E-state index is 6.83. The van der Waals surface area contributed by atoms with Crippen molar-refractivity contribution in [3.05, 3.63) is 166 Å². The van der Waals surface area contributed by atoms with Gasteiger partial charge in [-0.15, -0.1) is 34.7 Å². The summed E-state index contributed by atoms with van der Waals surface area (Å²) in [5.74, 6) is 3.09. The Labute approximate surface area is 352 Å². The van der Waals surface area contributed by atoms with Crippen molar-refractivity contribution in [1.29, 1.82) is 0 Å². The predicted molar refractivity (Wildman–Crippen MR) is 229 cm³/mol. The molecule has 7 aromatic rings. The third kappa shape index (κ3) is 7.03. The molecule has 57 heavy (non-hydrogen) atoms. The van der Waals surface area contributed by atoms with Crippen molar-refractivity contribution in [3.8, 4) is 17.3 Å². The summed E-state index contributed by atoms with van der Waals surface area (Å²) in [4.78, 5) is 12.9. The predicted octanol–water partition coefficient (Wildman–Crippen LogP) is 12.5. The van der Waals surface area contributed by atoms with E-state index < -0.39 is 0 Å². The standard InChI is InChI=1S/C51H50N4O.Pt/c1-49(2,3)35-19-22-43-42(28-35)41-21-20-38(30-44(41)55(43)45-29-36(23-24-52-45)50(4,5)6)56-39-26-34(25-37(27-39)51(7,8)9)48-53-46(32-15-11-10-12-16-32)47-40-18-14-13-17-33(40)31-54(47)48;/h10-25,27-29,46-47H,31H2,1-9H3;/q-2;+2/t46-,47+;/m1./s1. The van der Waals surface area contributed by atoms with Crippen LogP contribution >= 0.6 is 0 Å². The van der Waals surface area contributed by atoms with Gasteiger partial charge < -0.3 is 19.2 Å². The smallest absolute Gasteiger partial charge is 0.503 e. The molecule has 2 aromatic heterocycles. The molecule has 4 heterocycles. The first-order valence-electron chi connectivity index (χ1n) is 19.8. The summed E-state index contributed by atoms with van der Waals surface area (Å²) in [6, 6.07) is 46.7. The van der Waals surface area contributed by atoms with E-state index >= 15 is 0 Å². The van der Waals surface area contributed by atoms with E-state index in [0.29, 0.717) is 11.5 Å². The molecule has 0 bridgehead atoms. The Morgan fingerprint density at radius 2 is 1.35 bits per heavy atom. The fraction of sp³-hybridized carbons (Fsp3) is 0.294. The number of hydrogen-bond acceptors (Lipinski definition) is 4. The van der Waals surface area contributed by atoms with Crippen molar-refractivity contribution in [2.24, 2.45) is 4.99 Å². The van der Waals surface area contributed by atoms with Crippen LogP contribution in [0.15, 0.2) is 120 Å². The molecule has 6 heteroatoms. The average molecular weight is 930 g/mol. The van der Waals surface area contributed by atoms with Crippen LogP contribution in [0.1, 0.15) is 113 Å². The average Bonchev–Trinajstić information content (AvgIpc) is 3.82. The normalized spacial score (nSPS) is 16.7. The molecule has 0 N–H and O–H groups in total. The van der Waals surface area contributed by atoms with Crippen molar-refractivity contribution in [2.75, 3.05) is 0 Å². The van der Waals surface area contributed by atoms with Crippen molar-refractivity contribution < 1.29 is 25.8 Å². The van der Waals surface area contributed by atoms with E-state index in [0.717, 1.165) is 45.7 Å². The largest absolute Gasteiger partial charge is 2.00 e. The molecule has 0 aliphatic carbocycles. The van der Waals surface area contributed by atoms with Gasteiger partial charge in [-0.1, -0.05) is 147 Å². The quantitative estimate of drug-likeness (QED) is 0.162. The molecule has 2 aliphatic rings. The molecule has 2 aliphatic heterocycles. The van der Waals surface area contributed by atoms with Crippen molar-refractivity contribution >= 4 is 27.6 Å². The summed E-state index contributed by atoms with van der Waals surface area (Å²) < 4.78 is 9.07. The van der Waals surface area contributed by atoms with Crippen LogP contribution in [-0.4, -0.2) is 20.3 Å². The van der Waals surface area contributed by atoms with Gasteiger partial charge in [0.1, 0.15) is 5.82 Å². The van der Waals surface area contributed by atoms with E-state index in [-0.39, 0.29) is 49.4 Å². The monoisotopic (exact) mass is 929 g/mol. The van der Waals surface area contributed by atoms with Crippen LogP contribution in [-0.2, 0) is 43.9 Å². The van der Waals surface area contributed by atoms with Crippen LogP contribution in [0, 0.1) is 12.1 Å². The van der Waals surface area contributed by atoms with Crippen molar-refractivity contribution in [1.82, 2.24) is 14.5 Å². The second-order valence-electron chi connectivity index (χ2n) is 18.6. The van der Waals surface area contributed by atoms with Gasteiger partial charge in [-0.25, -0.2) is 4.98 Å². The Morgan fingerprint density at radius 3 is 2.09 bits per heavy atom. The maximum Gasteiger partial charge on any atom is 2.00 e. The number of aliphatic imine (C=N–C) groups is 1. The third-order valence-corrected chi connectivity index (χ3v) is 11.6. The van der Waals surface area contributed by atoms with Gasteiger partial charge in [-0.3, -0.25) is 0 Å². The van der Waals surface area contributed by atoms with E-state index in [1.165, 1.54) is 33.2 Å². The molecule has 5 aromatic carbocycles. The number of amidine groups is 1. The van der Waals surface area contributed by atoms with Crippen molar-refractivity contribution in [2.45, 2.75) is 97.2 Å². The van der Waals surface area contributed by atoms with E-state index in [1.807, 2.05) is 12.3 Å². The summed E-state index contributed by atoms with van der Waals surface area (Å²) in [6.07, 6.45) is 1.92. The fourth-order valence-electron chi connectivity index (χ4n) is 8.34. The van der Waals surface area contributed by atoms with Crippen LogP contribution < -0.4 is 4.74 Å². The Bertz CT molecular complexity index is 2670. The van der Waals surface area contributed by atoms with E-state index in [4.69, 9.17) is 14.7 Å². The minimum Gasteiger partial charge on any atom is -0.503 e. The Kier molecular flexibility index (Phi) is 9.64. The van der Waals surface area contributed by atoms with Crippen LogP contribution in [0.3, 0.4) is 0 Å². The van der Waals surface area contributed by atoms with E-state index in [9.17, 15) is 0 Å². The summed E-state index contributed by atoms with van der Waals surface area (Å²) >= 11 is 0. The molecule has 9 rings (SSSR count). The van der Waals surface area contributed by atoms with Gasteiger partial charge in [-0.2, -0.15) is 6.07 Å². The fourth-order valence-corrected chi connectivity index (χ4v) is 8.34. The zero-order valence-corrected chi connectivity index (χ0v) is 36.6. The number of nitrogens with zero attached hydrogens (tertiary/aromatic N) is 4. The second-order valence-corrected chi connectivity index (χ2v) is 18.6. The van der Waals surface area contributed by atoms with Gasteiger partial charge in [0.25, 0.3) is 0 Å². The van der Waals surface area contributed by atoms with Crippen LogP contribution in [0.25, 0.3) is 27.6 Å². The second kappa shape index (κ2) is 14.1. The van der Waals surface area contributed by atoms with E-state index in [2.05, 4.69) is 187 Å². The number of hydrogen-bond donors (Lipinski definition) is 0. The molecule has 0 amide bonds. The molecule has 0 fully saturated rings. The molecular formula is C51H50N4OPt. The molecule has 290 valence electrons. The Balaban J connectivity index is 0.00000455. The number of pyridine rings is 1. The van der Waals surface area contributed by atoms with Gasteiger partial charge in [0, 0.05) is 35.6 Å². The van der Waals surface area contributed by atoms with E-state index in [1.54, 1.807) is 0 Å². The zero-order valence-electron chi connectivity index (χ0n) is 34.3. The zero-order chi connectivity index (χ0) is 39.1. The molecule has 0 spiro atoms. The first kappa shape index (κ1) is 38.9. The molecule has 0 unspecified atom stereocenters. The van der Waals surface area contributed by atoms with Crippen LogP contribution in [0.4, 0.5) is 0 Å². The number of benzene rings is 5. The molecule has 0 saturated heterocycles. The van der Waals surface area contributed by atoms with Crippen molar-refractivity contribution in [3.63, 3.8) is 0 Å². The number of ether oxygens (including phenoxy) is 1. The Hall–Kier alpha value is -4.99. The van der Waals surface area contributed by atoms with Crippen LogP contribution in [0.2, 0.25) is 0 Å². The summed E-state index contributed by atoms with van der Waals surface area (Å²) in [5, 5.41) is 2.29. The summed E-state index contributed by atoms with van der Waals surface area (Å²) in [7, 11) is 0. The van der Waals surface area contributed by atoms with Gasteiger partial charge in [0.2, 0.25) is 0 Å². The summed E-state index contributed by atoms with van der Waals surface area (Å²) in [6.45, 7) is 21.0. The first-order chi connectivity index (χ1) is 26.6. The summed E-state index contributed by atoms with van der Waals surface area (Å²) in [5.41, 5.74) is 10.4.